The molecule has 3 rings (SSSR count). The van der Waals surface area contributed by atoms with E-state index in [1.165, 1.54) is 24.3 Å². The van der Waals surface area contributed by atoms with Crippen LogP contribution in [0.2, 0.25) is 5.02 Å². The lowest BCUT2D eigenvalue weighted by Crippen LogP contribution is -2.36. The molecule has 0 fully saturated rings. The fourth-order valence-corrected chi connectivity index (χ4v) is 3.85. The highest BCUT2D eigenvalue weighted by atomic mass is 35.5. The van der Waals surface area contributed by atoms with Gasteiger partial charge in [0.25, 0.3) is 11.8 Å². The number of nitrogens with one attached hydrogen (secondary N) is 3. The Morgan fingerprint density at radius 3 is 2.72 bits per heavy atom. The number of carbonyl (C=O) groups excluding carboxylic acids is 2. The first-order valence-electron chi connectivity index (χ1n) is 11.9. The number of amidine groups is 1. The molecule has 1 unspecified atom stereocenters. The topological polar surface area (TPSA) is 165 Å². The second-order valence-electron chi connectivity index (χ2n) is 8.37. The van der Waals surface area contributed by atoms with Crippen molar-refractivity contribution >= 4 is 34.9 Å². The van der Waals surface area contributed by atoms with Gasteiger partial charge >= 0.3 is 0 Å². The number of hydrogen-bond donors (Lipinski definition) is 5. The molecule has 3 aromatic rings. The van der Waals surface area contributed by atoms with Crippen molar-refractivity contribution in [2.75, 3.05) is 0 Å². The number of hydrogen-bond acceptors (Lipinski definition) is 7. The van der Waals surface area contributed by atoms with E-state index in [0.29, 0.717) is 37.1 Å². The van der Waals surface area contributed by atoms with Crippen molar-refractivity contribution in [3.8, 4) is 0 Å². The fraction of sp³-hybridized carbons (Fsp3) is 0.240. The molecular weight excluding hydrogens is 532 g/mol. The van der Waals surface area contributed by atoms with Gasteiger partial charge < -0.3 is 21.9 Å². The van der Waals surface area contributed by atoms with Crippen LogP contribution in [-0.4, -0.2) is 38.3 Å². The Hall–Kier alpha value is -4.36. The monoisotopic (exact) mass is 559 g/mol. The molecule has 0 radical (unpaired) electrons. The Morgan fingerprint density at radius 1 is 1.23 bits per heavy atom. The number of fused-ring (bicyclic) bond motifs is 1. The predicted molar refractivity (Wildman–Crippen MR) is 144 cm³/mol. The largest absolute Gasteiger partial charge is 0.348 e. The zero-order valence-corrected chi connectivity index (χ0v) is 21.6. The Labute approximate surface area is 228 Å². The van der Waals surface area contributed by atoms with Gasteiger partial charge in [0.05, 0.1) is 11.2 Å². The van der Waals surface area contributed by atoms with Gasteiger partial charge in [-0.2, -0.15) is 10.2 Å². The van der Waals surface area contributed by atoms with E-state index in [4.69, 9.17) is 23.3 Å². The molecule has 0 saturated heterocycles. The lowest BCUT2D eigenvalue weighted by Gasteiger charge is -2.17. The number of benzene rings is 1. The quantitative estimate of drug-likeness (QED) is 0.0568. The third-order valence-corrected chi connectivity index (χ3v) is 5.89. The standard InChI is InChI=1S/C25H28ClF2N9O2/c1-2-6-16(7-4-3-5-8-22(35-29)36-30)33-25(39)21-12-20(34-23-19(28)14-32-37(21)23)24(38)31-13-15-9-10-18(27)17(26)11-15/h2,5,8-12,14,16H,1,3-4,6-7,13,29-30H2,(H,31,38)(H,33,39)(H,35,36)/b8-5+. The van der Waals surface area contributed by atoms with Crippen LogP contribution in [0.3, 0.4) is 0 Å². The van der Waals surface area contributed by atoms with Crippen LogP contribution in [0.25, 0.3) is 5.65 Å². The van der Waals surface area contributed by atoms with Crippen LogP contribution in [0.5, 0.6) is 0 Å². The second kappa shape index (κ2) is 14.0. The van der Waals surface area contributed by atoms with Crippen molar-refractivity contribution in [1.29, 1.82) is 0 Å². The number of hydrazone groups is 1. The molecule has 1 atom stereocenters. The fourth-order valence-electron chi connectivity index (χ4n) is 3.65. The van der Waals surface area contributed by atoms with Crippen LogP contribution < -0.4 is 27.7 Å². The lowest BCUT2D eigenvalue weighted by molar-refractivity contribution is 0.0927. The molecular formula is C25H28ClF2N9O2. The number of carbonyl (C=O) groups is 2. The van der Waals surface area contributed by atoms with Gasteiger partial charge in [0.15, 0.2) is 17.3 Å². The van der Waals surface area contributed by atoms with Crippen molar-refractivity contribution < 1.29 is 18.4 Å². The molecule has 0 aliphatic heterocycles. The number of nitrogens with two attached hydrogens (primary N) is 2. The van der Waals surface area contributed by atoms with E-state index in [0.717, 1.165) is 10.7 Å². The van der Waals surface area contributed by atoms with Crippen molar-refractivity contribution in [3.63, 3.8) is 0 Å². The van der Waals surface area contributed by atoms with Crippen LogP contribution in [0.1, 0.15) is 52.2 Å². The minimum atomic E-state index is -0.800. The number of allylic oxidation sites excluding steroid dienone is 1. The molecule has 14 heteroatoms. The molecule has 206 valence electrons. The van der Waals surface area contributed by atoms with Gasteiger partial charge in [0, 0.05) is 18.7 Å². The highest BCUT2D eigenvalue weighted by Crippen LogP contribution is 2.17. The van der Waals surface area contributed by atoms with Crippen LogP contribution in [-0.2, 0) is 6.54 Å². The zero-order valence-electron chi connectivity index (χ0n) is 20.8. The number of hydrazine groups is 1. The summed E-state index contributed by atoms with van der Waals surface area (Å²) in [6.45, 7) is 3.75. The molecule has 11 nitrogen and oxygen atoms in total. The van der Waals surface area contributed by atoms with Gasteiger partial charge in [0.2, 0.25) is 0 Å². The van der Waals surface area contributed by atoms with E-state index < -0.39 is 23.4 Å². The van der Waals surface area contributed by atoms with E-state index in [1.807, 2.05) is 6.08 Å². The van der Waals surface area contributed by atoms with E-state index >= 15 is 0 Å². The number of aromatic nitrogens is 3. The maximum Gasteiger partial charge on any atom is 0.270 e. The average molecular weight is 560 g/mol. The van der Waals surface area contributed by atoms with Crippen LogP contribution in [0, 0.1) is 11.6 Å². The minimum absolute atomic E-state index is 0.00475. The van der Waals surface area contributed by atoms with Gasteiger partial charge in [0.1, 0.15) is 17.2 Å². The van der Waals surface area contributed by atoms with Crippen molar-refractivity contribution in [1.82, 2.24) is 30.7 Å². The van der Waals surface area contributed by atoms with Crippen LogP contribution >= 0.6 is 11.6 Å². The first kappa shape index (κ1) is 29.2. The van der Waals surface area contributed by atoms with Crippen LogP contribution in [0.15, 0.2) is 60.4 Å². The summed E-state index contributed by atoms with van der Waals surface area (Å²) in [5, 5.41) is 12.8. The minimum Gasteiger partial charge on any atom is -0.348 e. The average Bonchev–Trinajstić information content (AvgIpc) is 3.31. The predicted octanol–water partition coefficient (Wildman–Crippen LogP) is 2.73. The maximum atomic E-state index is 14.4. The van der Waals surface area contributed by atoms with E-state index in [9.17, 15) is 18.4 Å². The zero-order chi connectivity index (χ0) is 28.4. The summed E-state index contributed by atoms with van der Waals surface area (Å²) < 4.78 is 28.8. The number of amides is 2. The van der Waals surface area contributed by atoms with E-state index in [1.54, 1.807) is 12.2 Å². The molecule has 2 heterocycles. The summed E-state index contributed by atoms with van der Waals surface area (Å²) >= 11 is 5.79. The number of unbranched alkanes of at least 4 members (excludes halogenated alkanes) is 1. The molecule has 2 amide bonds. The van der Waals surface area contributed by atoms with Gasteiger partial charge in [-0.15, -0.1) is 6.58 Å². The van der Waals surface area contributed by atoms with E-state index in [-0.39, 0.29) is 34.6 Å². The smallest absolute Gasteiger partial charge is 0.270 e. The van der Waals surface area contributed by atoms with Crippen molar-refractivity contribution in [2.45, 2.75) is 38.3 Å². The molecule has 1 aromatic carbocycles. The first-order chi connectivity index (χ1) is 18.8. The SMILES string of the molecule is C=CCC(CCC/C=C/C(=N/N)NN)NC(=O)c1cc(C(=O)NCc2ccc(F)c(Cl)c2)nc2c(F)cnn12. The molecule has 0 aliphatic carbocycles. The molecule has 0 bridgehead atoms. The molecule has 0 saturated carbocycles. The van der Waals surface area contributed by atoms with Gasteiger partial charge in [-0.1, -0.05) is 29.8 Å². The normalized spacial score (nSPS) is 12.5. The lowest BCUT2D eigenvalue weighted by atomic mass is 10.1. The number of nitrogens with zero attached hydrogens (tertiary/aromatic N) is 4. The Morgan fingerprint density at radius 2 is 2.03 bits per heavy atom. The molecule has 7 N–H and O–H groups in total. The Bertz CT molecular complexity index is 1410. The molecule has 0 aliphatic rings. The molecule has 0 spiro atoms. The van der Waals surface area contributed by atoms with E-state index in [2.05, 4.69) is 37.8 Å². The number of halogens is 3. The van der Waals surface area contributed by atoms with Gasteiger partial charge in [-0.3, -0.25) is 9.59 Å². The summed E-state index contributed by atoms with van der Waals surface area (Å²) in [7, 11) is 0. The van der Waals surface area contributed by atoms with Gasteiger partial charge in [-0.05, 0) is 49.5 Å². The van der Waals surface area contributed by atoms with Gasteiger partial charge in [-0.25, -0.2) is 24.1 Å². The highest BCUT2D eigenvalue weighted by molar-refractivity contribution is 6.30. The Balaban J connectivity index is 1.74. The summed E-state index contributed by atoms with van der Waals surface area (Å²) in [6, 6.07) is 4.95. The molecule has 2 aromatic heterocycles. The molecule has 39 heavy (non-hydrogen) atoms. The third kappa shape index (κ3) is 7.82. The maximum absolute atomic E-state index is 14.4. The third-order valence-electron chi connectivity index (χ3n) is 5.60. The Kier molecular flexibility index (Phi) is 10.5. The summed E-state index contributed by atoms with van der Waals surface area (Å²) in [5.41, 5.74) is 2.33. The summed E-state index contributed by atoms with van der Waals surface area (Å²) in [5.74, 6) is 8.14. The van der Waals surface area contributed by atoms with Crippen LogP contribution in [0.4, 0.5) is 8.78 Å². The number of rotatable bonds is 12. The summed E-state index contributed by atoms with van der Waals surface area (Å²) in [4.78, 5) is 30.1. The second-order valence-corrected chi connectivity index (χ2v) is 8.78. The van der Waals surface area contributed by atoms with Crippen molar-refractivity contribution in [3.05, 3.63) is 88.9 Å². The summed E-state index contributed by atoms with van der Waals surface area (Å²) in [6.07, 6.45) is 8.50. The first-order valence-corrected chi connectivity index (χ1v) is 12.2. The highest BCUT2D eigenvalue weighted by Gasteiger charge is 2.22. The van der Waals surface area contributed by atoms with Crippen molar-refractivity contribution in [2.24, 2.45) is 16.8 Å².